The lowest BCUT2D eigenvalue weighted by molar-refractivity contribution is 0.808. The third kappa shape index (κ3) is 3.75. The number of aryl methyl sites for hydroxylation is 1. The second kappa shape index (κ2) is 8.42. The van der Waals surface area contributed by atoms with Gasteiger partial charge >= 0.3 is 0 Å². The molecule has 1 nitrogen and oxygen atoms in total. The molecule has 1 aliphatic heterocycles. The SMILES string of the molecule is CNCC/C=C1\c2ccccc2CCSc2ccccc21.Cl. The summed E-state index contributed by atoms with van der Waals surface area (Å²) in [5.74, 6) is 1.15. The number of hydrogen-bond donors (Lipinski definition) is 1. The molecule has 116 valence electrons. The van der Waals surface area contributed by atoms with Gasteiger partial charge in [-0.15, -0.1) is 24.2 Å². The van der Waals surface area contributed by atoms with E-state index >= 15 is 0 Å². The van der Waals surface area contributed by atoms with Crippen LogP contribution in [-0.4, -0.2) is 19.3 Å². The Morgan fingerprint density at radius 2 is 1.77 bits per heavy atom. The number of nitrogens with one attached hydrogen (secondary N) is 1. The molecule has 3 heteroatoms. The Morgan fingerprint density at radius 3 is 2.59 bits per heavy atom. The quantitative estimate of drug-likeness (QED) is 0.811. The van der Waals surface area contributed by atoms with Crippen molar-refractivity contribution in [3.8, 4) is 0 Å². The van der Waals surface area contributed by atoms with Crippen LogP contribution in [0.5, 0.6) is 0 Å². The van der Waals surface area contributed by atoms with Crippen LogP contribution in [0.1, 0.15) is 23.1 Å². The van der Waals surface area contributed by atoms with Crippen LogP contribution in [0, 0.1) is 0 Å². The topological polar surface area (TPSA) is 12.0 Å². The van der Waals surface area contributed by atoms with Crippen LogP contribution in [0.25, 0.3) is 5.57 Å². The van der Waals surface area contributed by atoms with E-state index in [1.54, 1.807) is 0 Å². The van der Waals surface area contributed by atoms with E-state index in [1.807, 2.05) is 18.8 Å². The lowest BCUT2D eigenvalue weighted by atomic mass is 9.92. The molecule has 0 spiro atoms. The first-order chi connectivity index (χ1) is 10.4. The third-order valence-corrected chi connectivity index (χ3v) is 4.93. The van der Waals surface area contributed by atoms with Crippen molar-refractivity contribution in [3.63, 3.8) is 0 Å². The Balaban J connectivity index is 0.00000176. The molecular weight excluding hydrogens is 310 g/mol. The molecule has 0 bridgehead atoms. The Morgan fingerprint density at radius 1 is 1.05 bits per heavy atom. The highest BCUT2D eigenvalue weighted by Crippen LogP contribution is 2.36. The van der Waals surface area contributed by atoms with Gasteiger partial charge in [0.1, 0.15) is 0 Å². The standard InChI is InChI=1S/C19H21NS.ClH/c1-20-13-6-10-17-16-8-3-2-7-15(16)12-14-21-19-11-5-4-9-18(17)19;/h2-5,7-11,20H,6,12-14H2,1H3;1H/b17-10+;. The molecule has 1 heterocycles. The van der Waals surface area contributed by atoms with Crippen LogP contribution in [0.2, 0.25) is 0 Å². The van der Waals surface area contributed by atoms with Crippen LogP contribution >= 0.6 is 24.2 Å². The number of thioether (sulfide) groups is 1. The largest absolute Gasteiger partial charge is 0.319 e. The molecule has 0 aliphatic carbocycles. The van der Waals surface area contributed by atoms with Gasteiger partial charge in [-0.3, -0.25) is 0 Å². The van der Waals surface area contributed by atoms with E-state index in [-0.39, 0.29) is 12.4 Å². The van der Waals surface area contributed by atoms with Crippen LogP contribution in [0.3, 0.4) is 0 Å². The summed E-state index contributed by atoms with van der Waals surface area (Å²) in [5.41, 5.74) is 5.64. The van der Waals surface area contributed by atoms with E-state index in [2.05, 4.69) is 59.9 Å². The summed E-state index contributed by atoms with van der Waals surface area (Å²) < 4.78 is 0. The van der Waals surface area contributed by atoms with E-state index in [4.69, 9.17) is 0 Å². The van der Waals surface area contributed by atoms with Crippen LogP contribution in [0.15, 0.2) is 59.5 Å². The van der Waals surface area contributed by atoms with Gasteiger partial charge in [0, 0.05) is 10.6 Å². The molecule has 0 saturated carbocycles. The van der Waals surface area contributed by atoms with Gasteiger partial charge < -0.3 is 5.32 Å². The van der Waals surface area contributed by atoms with E-state index in [1.165, 1.54) is 27.2 Å². The molecule has 2 aromatic rings. The van der Waals surface area contributed by atoms with Gasteiger partial charge in [0.15, 0.2) is 0 Å². The molecule has 1 N–H and O–H groups in total. The summed E-state index contributed by atoms with van der Waals surface area (Å²) in [6.07, 6.45) is 4.58. The van der Waals surface area contributed by atoms with E-state index in [0.717, 1.165) is 25.1 Å². The maximum Gasteiger partial charge on any atom is 0.0151 e. The number of hydrogen-bond acceptors (Lipinski definition) is 2. The van der Waals surface area contributed by atoms with Crippen LogP contribution in [0.4, 0.5) is 0 Å². The molecule has 0 aromatic heterocycles. The fraction of sp³-hybridized carbons (Fsp3) is 0.263. The van der Waals surface area contributed by atoms with Crippen LogP contribution < -0.4 is 5.32 Å². The van der Waals surface area contributed by atoms with Crippen molar-refractivity contribution in [1.29, 1.82) is 0 Å². The lowest BCUT2D eigenvalue weighted by Gasteiger charge is -2.20. The summed E-state index contributed by atoms with van der Waals surface area (Å²) in [6, 6.07) is 17.7. The van der Waals surface area contributed by atoms with Gasteiger partial charge in [0.2, 0.25) is 0 Å². The molecule has 1 aliphatic rings. The minimum atomic E-state index is 0. The third-order valence-electron chi connectivity index (χ3n) is 3.86. The normalized spacial score (nSPS) is 15.2. The van der Waals surface area contributed by atoms with Crippen molar-refractivity contribution in [3.05, 3.63) is 71.3 Å². The Bertz CT molecular complexity index is 602. The van der Waals surface area contributed by atoms with Crippen molar-refractivity contribution in [2.24, 2.45) is 0 Å². The fourth-order valence-corrected chi connectivity index (χ4v) is 3.86. The highest BCUT2D eigenvalue weighted by atomic mass is 35.5. The first-order valence-electron chi connectivity index (χ1n) is 7.55. The monoisotopic (exact) mass is 331 g/mol. The molecule has 3 rings (SSSR count). The predicted octanol–water partition coefficient (Wildman–Crippen LogP) is 4.80. The average Bonchev–Trinajstić information content (AvgIpc) is 2.51. The van der Waals surface area contributed by atoms with E-state index in [0.29, 0.717) is 0 Å². The zero-order valence-electron chi connectivity index (χ0n) is 12.8. The maximum atomic E-state index is 3.23. The Hall–Kier alpha value is -1.22. The van der Waals surface area contributed by atoms with Gasteiger partial charge in [0.05, 0.1) is 0 Å². The minimum absolute atomic E-state index is 0. The maximum absolute atomic E-state index is 3.23. The Labute approximate surface area is 143 Å². The molecule has 0 atom stereocenters. The van der Waals surface area contributed by atoms with Gasteiger partial charge in [-0.1, -0.05) is 48.5 Å². The van der Waals surface area contributed by atoms with Crippen molar-refractivity contribution in [1.82, 2.24) is 5.32 Å². The average molecular weight is 332 g/mol. The second-order valence-electron chi connectivity index (χ2n) is 5.26. The molecule has 2 aromatic carbocycles. The van der Waals surface area contributed by atoms with Gasteiger partial charge in [0.25, 0.3) is 0 Å². The zero-order valence-corrected chi connectivity index (χ0v) is 14.5. The summed E-state index contributed by atoms with van der Waals surface area (Å²) in [6.45, 7) is 1.01. The van der Waals surface area contributed by atoms with Crippen molar-refractivity contribution in [2.75, 3.05) is 19.3 Å². The smallest absolute Gasteiger partial charge is 0.0151 e. The van der Waals surface area contributed by atoms with Gasteiger partial charge in [-0.05, 0) is 54.8 Å². The number of fused-ring (bicyclic) bond motifs is 2. The van der Waals surface area contributed by atoms with E-state index < -0.39 is 0 Å². The summed E-state index contributed by atoms with van der Waals surface area (Å²) in [4.78, 5) is 1.41. The minimum Gasteiger partial charge on any atom is -0.319 e. The van der Waals surface area contributed by atoms with Crippen LogP contribution in [-0.2, 0) is 6.42 Å². The molecule has 0 saturated heterocycles. The van der Waals surface area contributed by atoms with Crippen molar-refractivity contribution < 1.29 is 0 Å². The lowest BCUT2D eigenvalue weighted by Crippen LogP contribution is -2.07. The zero-order chi connectivity index (χ0) is 14.5. The Kier molecular flexibility index (Phi) is 6.56. The summed E-state index contributed by atoms with van der Waals surface area (Å²) in [5, 5.41) is 3.23. The van der Waals surface area contributed by atoms with Crippen molar-refractivity contribution in [2.45, 2.75) is 17.7 Å². The number of benzene rings is 2. The molecule has 22 heavy (non-hydrogen) atoms. The molecule has 0 fully saturated rings. The van der Waals surface area contributed by atoms with Gasteiger partial charge in [-0.25, -0.2) is 0 Å². The van der Waals surface area contributed by atoms with Crippen molar-refractivity contribution >= 4 is 29.7 Å². The van der Waals surface area contributed by atoms with Gasteiger partial charge in [-0.2, -0.15) is 0 Å². The second-order valence-corrected chi connectivity index (χ2v) is 6.40. The molecule has 0 radical (unpaired) electrons. The number of halogens is 1. The first kappa shape index (κ1) is 17.1. The van der Waals surface area contributed by atoms with E-state index in [9.17, 15) is 0 Å². The summed E-state index contributed by atoms with van der Waals surface area (Å²) in [7, 11) is 2.01. The first-order valence-corrected chi connectivity index (χ1v) is 8.54. The fourth-order valence-electron chi connectivity index (χ4n) is 2.81. The predicted molar refractivity (Wildman–Crippen MR) is 100 cm³/mol. The molecular formula is C19H22ClNS. The highest BCUT2D eigenvalue weighted by molar-refractivity contribution is 7.99. The number of rotatable bonds is 3. The molecule has 0 amide bonds. The highest BCUT2D eigenvalue weighted by Gasteiger charge is 2.16. The molecule has 0 unspecified atom stereocenters. The summed E-state index contributed by atoms with van der Waals surface area (Å²) >= 11 is 1.97.